The van der Waals surface area contributed by atoms with E-state index in [1.807, 2.05) is 6.26 Å². The van der Waals surface area contributed by atoms with Crippen molar-refractivity contribution in [1.29, 1.82) is 0 Å². The van der Waals surface area contributed by atoms with Gasteiger partial charge in [-0.3, -0.25) is 4.79 Å². The summed E-state index contributed by atoms with van der Waals surface area (Å²) < 4.78 is 36.2. The van der Waals surface area contributed by atoms with Crippen molar-refractivity contribution in [3.63, 3.8) is 0 Å². The molecule has 7 nitrogen and oxygen atoms in total. The van der Waals surface area contributed by atoms with Crippen molar-refractivity contribution in [2.75, 3.05) is 25.7 Å². The lowest BCUT2D eigenvalue weighted by Gasteiger charge is -2.21. The first-order chi connectivity index (χ1) is 16.4. The van der Waals surface area contributed by atoms with Gasteiger partial charge in [-0.2, -0.15) is 21.1 Å². The SMILES string of the molecule is CCc1ccc2c(c1)sc(=NC(=O)C1CCCN1S(=O)(=O)c1ccc(OC)cc1)n2CCSC. The fraction of sp³-hybridized carbons (Fsp3) is 0.417. The number of ether oxygens (including phenoxy) is 1. The van der Waals surface area contributed by atoms with E-state index in [-0.39, 0.29) is 4.90 Å². The monoisotopic (exact) mass is 519 g/mol. The highest BCUT2D eigenvalue weighted by Gasteiger charge is 2.39. The van der Waals surface area contributed by atoms with Crippen molar-refractivity contribution >= 4 is 49.2 Å². The number of sulfonamides is 1. The van der Waals surface area contributed by atoms with Gasteiger partial charge in [0.25, 0.3) is 5.91 Å². The maximum atomic E-state index is 13.3. The summed E-state index contributed by atoms with van der Waals surface area (Å²) in [5.41, 5.74) is 2.29. The minimum Gasteiger partial charge on any atom is -0.497 e. The molecule has 0 spiro atoms. The molecule has 0 bridgehead atoms. The van der Waals surface area contributed by atoms with Crippen molar-refractivity contribution in [2.45, 2.75) is 43.7 Å². The standard InChI is InChI=1S/C24H29N3O4S3/c1-4-17-7-12-20-22(16-17)33-24(26(20)14-15-32-3)25-23(28)21-6-5-13-27(21)34(29,30)19-10-8-18(31-2)9-11-19/h7-12,16,21H,4-6,13-15H2,1-3H3. The highest BCUT2D eigenvalue weighted by molar-refractivity contribution is 7.98. The molecule has 34 heavy (non-hydrogen) atoms. The lowest BCUT2D eigenvalue weighted by Crippen LogP contribution is -2.40. The molecule has 1 atom stereocenters. The summed E-state index contributed by atoms with van der Waals surface area (Å²) in [6.07, 6.45) is 4.07. The van der Waals surface area contributed by atoms with E-state index in [4.69, 9.17) is 4.74 Å². The van der Waals surface area contributed by atoms with Crippen LogP contribution < -0.4 is 9.54 Å². The number of hydrogen-bond acceptors (Lipinski definition) is 6. The fourth-order valence-corrected chi connectivity index (χ4v) is 7.29. The zero-order chi connectivity index (χ0) is 24.3. The summed E-state index contributed by atoms with van der Waals surface area (Å²) in [6.45, 7) is 3.15. The van der Waals surface area contributed by atoms with E-state index in [1.54, 1.807) is 23.9 Å². The number of benzene rings is 2. The van der Waals surface area contributed by atoms with Crippen LogP contribution in [0.15, 0.2) is 52.4 Å². The molecule has 2 aromatic carbocycles. The van der Waals surface area contributed by atoms with Gasteiger partial charge in [0.2, 0.25) is 10.0 Å². The number of aromatic nitrogens is 1. The third-order valence-electron chi connectivity index (χ3n) is 6.04. The first kappa shape index (κ1) is 25.0. The Morgan fingerprint density at radius 1 is 1.24 bits per heavy atom. The Labute approximate surface area is 208 Å². The highest BCUT2D eigenvalue weighted by atomic mass is 32.2. The van der Waals surface area contributed by atoms with Crippen LogP contribution in [0.25, 0.3) is 10.2 Å². The van der Waals surface area contributed by atoms with Gasteiger partial charge in [-0.25, -0.2) is 8.42 Å². The number of hydrogen-bond donors (Lipinski definition) is 0. The molecule has 0 saturated carbocycles. The van der Waals surface area contributed by atoms with E-state index in [1.165, 1.54) is 40.4 Å². The number of thiazole rings is 1. The lowest BCUT2D eigenvalue weighted by molar-refractivity contribution is -0.121. The molecular weight excluding hydrogens is 490 g/mol. The average molecular weight is 520 g/mol. The van der Waals surface area contributed by atoms with Gasteiger partial charge in [0.1, 0.15) is 11.8 Å². The third kappa shape index (κ3) is 4.95. The first-order valence-electron chi connectivity index (χ1n) is 11.2. The Morgan fingerprint density at radius 2 is 2.00 bits per heavy atom. The van der Waals surface area contributed by atoms with Gasteiger partial charge >= 0.3 is 0 Å². The lowest BCUT2D eigenvalue weighted by atomic mass is 10.2. The van der Waals surface area contributed by atoms with Gasteiger partial charge in [-0.05, 0) is 67.5 Å². The molecule has 0 N–H and O–H groups in total. The Hall–Kier alpha value is -2.14. The van der Waals surface area contributed by atoms with E-state index in [9.17, 15) is 13.2 Å². The molecule has 2 heterocycles. The number of fused-ring (bicyclic) bond motifs is 1. The van der Waals surface area contributed by atoms with Gasteiger partial charge in [0, 0.05) is 18.8 Å². The molecule has 1 aromatic heterocycles. The smallest absolute Gasteiger partial charge is 0.266 e. The number of rotatable bonds is 8. The molecule has 3 aromatic rings. The molecule has 1 fully saturated rings. The number of methoxy groups -OCH3 is 1. The number of thioether (sulfide) groups is 1. The summed E-state index contributed by atoms with van der Waals surface area (Å²) in [6, 6.07) is 11.8. The second-order valence-corrected chi connectivity index (χ2v) is 12.0. The molecule has 182 valence electrons. The van der Waals surface area contributed by atoms with Crippen molar-refractivity contribution < 1.29 is 17.9 Å². The maximum absolute atomic E-state index is 13.3. The van der Waals surface area contributed by atoms with E-state index < -0.39 is 22.0 Å². The van der Waals surface area contributed by atoms with Crippen LogP contribution in [0.1, 0.15) is 25.3 Å². The highest BCUT2D eigenvalue weighted by Crippen LogP contribution is 2.28. The van der Waals surface area contributed by atoms with Crippen molar-refractivity contribution in [3.8, 4) is 5.75 Å². The van der Waals surface area contributed by atoms with E-state index >= 15 is 0 Å². The van der Waals surface area contributed by atoms with Crippen LogP contribution in [-0.4, -0.2) is 54.9 Å². The summed E-state index contributed by atoms with van der Waals surface area (Å²) in [5.74, 6) is 1.06. The van der Waals surface area contributed by atoms with Crippen LogP contribution in [0.5, 0.6) is 5.75 Å². The van der Waals surface area contributed by atoms with E-state index in [0.29, 0.717) is 29.9 Å². The van der Waals surface area contributed by atoms with Gasteiger partial charge in [-0.15, -0.1) is 0 Å². The molecule has 0 aliphatic carbocycles. The zero-order valence-corrected chi connectivity index (χ0v) is 22.0. The molecule has 1 aliphatic heterocycles. The molecule has 4 rings (SSSR count). The quantitative estimate of drug-likeness (QED) is 0.451. The minimum atomic E-state index is -3.82. The van der Waals surface area contributed by atoms with E-state index in [0.717, 1.165) is 28.9 Å². The fourth-order valence-electron chi connectivity index (χ4n) is 4.15. The van der Waals surface area contributed by atoms with Crippen LogP contribution in [0.2, 0.25) is 0 Å². The second-order valence-electron chi connectivity index (χ2n) is 8.08. The number of nitrogens with zero attached hydrogens (tertiary/aromatic N) is 3. The molecule has 1 unspecified atom stereocenters. The number of aryl methyl sites for hydroxylation is 2. The van der Waals surface area contributed by atoms with Crippen LogP contribution in [0.4, 0.5) is 0 Å². The van der Waals surface area contributed by atoms with Crippen LogP contribution in [0.3, 0.4) is 0 Å². The number of amides is 1. The van der Waals surface area contributed by atoms with Crippen LogP contribution >= 0.6 is 23.1 Å². The Morgan fingerprint density at radius 3 is 2.68 bits per heavy atom. The van der Waals surface area contributed by atoms with Gasteiger partial charge < -0.3 is 9.30 Å². The van der Waals surface area contributed by atoms with Gasteiger partial charge in [0.15, 0.2) is 4.80 Å². The number of carbonyl (C=O) groups excluding carboxylic acids is 1. The van der Waals surface area contributed by atoms with Crippen LogP contribution in [-0.2, 0) is 27.8 Å². The Bertz CT molecular complexity index is 1340. The largest absolute Gasteiger partial charge is 0.497 e. The van der Waals surface area contributed by atoms with Crippen molar-refractivity contribution in [3.05, 3.63) is 52.8 Å². The second kappa shape index (κ2) is 10.6. The normalized spacial score (nSPS) is 17.5. The summed E-state index contributed by atoms with van der Waals surface area (Å²) in [4.78, 5) is 18.6. The summed E-state index contributed by atoms with van der Waals surface area (Å²) >= 11 is 3.22. The summed E-state index contributed by atoms with van der Waals surface area (Å²) in [7, 11) is -2.29. The molecule has 10 heteroatoms. The molecule has 1 saturated heterocycles. The first-order valence-corrected chi connectivity index (χ1v) is 14.9. The van der Waals surface area contributed by atoms with Crippen molar-refractivity contribution in [1.82, 2.24) is 8.87 Å². The molecular formula is C24H29N3O4S3. The average Bonchev–Trinajstić information content (AvgIpc) is 3.47. The minimum absolute atomic E-state index is 0.150. The predicted octanol–water partition coefficient (Wildman–Crippen LogP) is 3.92. The third-order valence-corrected chi connectivity index (χ3v) is 9.59. The topological polar surface area (TPSA) is 81.0 Å². The Kier molecular flexibility index (Phi) is 7.81. The molecule has 1 amide bonds. The zero-order valence-electron chi connectivity index (χ0n) is 19.6. The molecule has 0 radical (unpaired) electrons. The number of carbonyl (C=O) groups is 1. The van der Waals surface area contributed by atoms with Gasteiger partial charge in [-0.1, -0.05) is 24.3 Å². The summed E-state index contributed by atoms with van der Waals surface area (Å²) in [5, 5.41) is 0. The Balaban J connectivity index is 1.69. The van der Waals surface area contributed by atoms with E-state index in [2.05, 4.69) is 34.7 Å². The molecule has 1 aliphatic rings. The van der Waals surface area contributed by atoms with Crippen LogP contribution in [0, 0.1) is 0 Å². The maximum Gasteiger partial charge on any atom is 0.266 e. The predicted molar refractivity (Wildman–Crippen MR) is 138 cm³/mol. The van der Waals surface area contributed by atoms with Gasteiger partial charge in [0.05, 0.1) is 22.2 Å². The van der Waals surface area contributed by atoms with Crippen molar-refractivity contribution in [2.24, 2.45) is 4.99 Å².